The van der Waals surface area contributed by atoms with E-state index in [-0.39, 0.29) is 17.7 Å². The van der Waals surface area contributed by atoms with Gasteiger partial charge in [-0.15, -0.1) is 0 Å². The first-order valence-electron chi connectivity index (χ1n) is 6.51. The third kappa shape index (κ3) is 3.98. The fourth-order valence-electron chi connectivity index (χ4n) is 2.32. The van der Waals surface area contributed by atoms with Gasteiger partial charge in [-0.1, -0.05) is 0 Å². The first kappa shape index (κ1) is 15.0. The molecule has 0 spiro atoms. The van der Waals surface area contributed by atoms with Gasteiger partial charge in [0.2, 0.25) is 11.8 Å². The van der Waals surface area contributed by atoms with Crippen LogP contribution in [-0.4, -0.2) is 58.5 Å². The minimum atomic E-state index is -0.884. The number of likely N-dealkylation sites (tertiary alicyclic amines) is 1. The second-order valence-corrected chi connectivity index (χ2v) is 5.62. The highest BCUT2D eigenvalue weighted by Crippen LogP contribution is 2.19. The molecule has 1 fully saturated rings. The molecule has 1 N–H and O–H groups in total. The lowest BCUT2D eigenvalue weighted by atomic mass is 10.0. The van der Waals surface area contributed by atoms with Crippen LogP contribution in [0.1, 0.15) is 34.1 Å². The number of amides is 2. The summed E-state index contributed by atoms with van der Waals surface area (Å²) in [6.45, 7) is 8.90. The smallest absolute Gasteiger partial charge is 0.227 e. The van der Waals surface area contributed by atoms with Gasteiger partial charge in [-0.2, -0.15) is 0 Å². The van der Waals surface area contributed by atoms with Crippen molar-refractivity contribution in [3.63, 3.8) is 0 Å². The van der Waals surface area contributed by atoms with Crippen molar-refractivity contribution >= 4 is 11.8 Å². The maximum absolute atomic E-state index is 12.3. The van der Waals surface area contributed by atoms with Gasteiger partial charge in [0.05, 0.1) is 11.5 Å². The molecule has 1 aliphatic rings. The summed E-state index contributed by atoms with van der Waals surface area (Å²) >= 11 is 0. The molecule has 0 bridgehead atoms. The van der Waals surface area contributed by atoms with Crippen LogP contribution in [0.3, 0.4) is 0 Å². The van der Waals surface area contributed by atoms with Crippen LogP contribution in [-0.2, 0) is 9.59 Å². The molecule has 5 heteroatoms. The van der Waals surface area contributed by atoms with Crippen molar-refractivity contribution in [3.05, 3.63) is 0 Å². The van der Waals surface area contributed by atoms with Crippen molar-refractivity contribution in [1.29, 1.82) is 0 Å². The van der Waals surface area contributed by atoms with Gasteiger partial charge in [0.25, 0.3) is 0 Å². The second kappa shape index (κ2) is 5.69. The Kier molecular flexibility index (Phi) is 4.73. The summed E-state index contributed by atoms with van der Waals surface area (Å²) in [5.74, 6) is -0.0459. The maximum Gasteiger partial charge on any atom is 0.227 e. The van der Waals surface area contributed by atoms with E-state index in [9.17, 15) is 14.7 Å². The number of likely N-dealkylation sites (N-methyl/N-ethyl adjacent to an activating group) is 1. The summed E-state index contributed by atoms with van der Waals surface area (Å²) in [5.41, 5.74) is -0.884. The number of rotatable bonds is 4. The predicted octanol–water partition coefficient (Wildman–Crippen LogP) is 0.474. The van der Waals surface area contributed by atoms with Crippen LogP contribution < -0.4 is 0 Å². The zero-order chi connectivity index (χ0) is 13.9. The molecule has 0 aromatic carbocycles. The Morgan fingerprint density at radius 1 is 1.44 bits per heavy atom. The maximum atomic E-state index is 12.3. The Hall–Kier alpha value is -1.10. The number of hydrogen-bond acceptors (Lipinski definition) is 3. The van der Waals surface area contributed by atoms with E-state index in [0.29, 0.717) is 26.2 Å². The molecule has 0 aromatic heterocycles. The number of carbonyl (C=O) groups is 2. The standard InChI is InChI=1S/C13H24N2O3/c1-5-14(9-13(3,4)18)12(17)11-6-7-15(8-11)10(2)16/h11,18H,5-9H2,1-4H3. The molecule has 1 saturated heterocycles. The van der Waals surface area contributed by atoms with E-state index in [1.165, 1.54) is 6.92 Å². The Balaban J connectivity index is 2.60. The van der Waals surface area contributed by atoms with Crippen LogP contribution in [0.5, 0.6) is 0 Å². The molecule has 5 nitrogen and oxygen atoms in total. The van der Waals surface area contributed by atoms with E-state index < -0.39 is 5.60 Å². The van der Waals surface area contributed by atoms with Gasteiger partial charge in [0.1, 0.15) is 0 Å². The van der Waals surface area contributed by atoms with Gasteiger partial charge < -0.3 is 14.9 Å². The monoisotopic (exact) mass is 256 g/mol. The Bertz CT molecular complexity index is 323. The topological polar surface area (TPSA) is 60.9 Å². The molecule has 1 rings (SSSR count). The lowest BCUT2D eigenvalue weighted by Crippen LogP contribution is -2.45. The van der Waals surface area contributed by atoms with E-state index >= 15 is 0 Å². The number of carbonyl (C=O) groups excluding carboxylic acids is 2. The summed E-state index contributed by atoms with van der Waals surface area (Å²) in [6.07, 6.45) is 0.723. The number of aliphatic hydroxyl groups is 1. The van der Waals surface area contributed by atoms with Crippen molar-refractivity contribution in [3.8, 4) is 0 Å². The van der Waals surface area contributed by atoms with E-state index in [4.69, 9.17) is 0 Å². The predicted molar refractivity (Wildman–Crippen MR) is 68.9 cm³/mol. The van der Waals surface area contributed by atoms with Gasteiger partial charge in [0.15, 0.2) is 0 Å². The van der Waals surface area contributed by atoms with Crippen molar-refractivity contribution in [2.24, 2.45) is 5.92 Å². The van der Waals surface area contributed by atoms with E-state index in [2.05, 4.69) is 0 Å². The van der Waals surface area contributed by atoms with Crippen molar-refractivity contribution in [2.75, 3.05) is 26.2 Å². The first-order chi connectivity index (χ1) is 8.24. The minimum Gasteiger partial charge on any atom is -0.389 e. The molecule has 1 unspecified atom stereocenters. The number of hydrogen-bond donors (Lipinski definition) is 1. The summed E-state index contributed by atoms with van der Waals surface area (Å²) in [4.78, 5) is 26.9. The summed E-state index contributed by atoms with van der Waals surface area (Å²) in [5, 5.41) is 9.79. The molecule has 0 radical (unpaired) electrons. The summed E-state index contributed by atoms with van der Waals surface area (Å²) in [7, 11) is 0. The fraction of sp³-hybridized carbons (Fsp3) is 0.846. The molecule has 0 aliphatic carbocycles. The molecule has 0 saturated carbocycles. The largest absolute Gasteiger partial charge is 0.389 e. The van der Waals surface area contributed by atoms with E-state index in [0.717, 1.165) is 6.42 Å². The average molecular weight is 256 g/mol. The van der Waals surface area contributed by atoms with Crippen LogP contribution in [0.4, 0.5) is 0 Å². The highest BCUT2D eigenvalue weighted by Gasteiger charge is 2.33. The van der Waals surface area contributed by atoms with Gasteiger partial charge in [-0.3, -0.25) is 9.59 Å². The van der Waals surface area contributed by atoms with Crippen LogP contribution in [0.15, 0.2) is 0 Å². The lowest BCUT2D eigenvalue weighted by Gasteiger charge is -2.30. The quantitative estimate of drug-likeness (QED) is 0.795. The molecular weight excluding hydrogens is 232 g/mol. The fourth-order valence-corrected chi connectivity index (χ4v) is 2.32. The van der Waals surface area contributed by atoms with Gasteiger partial charge in [-0.05, 0) is 27.2 Å². The van der Waals surface area contributed by atoms with E-state index in [1.807, 2.05) is 6.92 Å². The zero-order valence-electron chi connectivity index (χ0n) is 11.8. The molecular formula is C13H24N2O3. The first-order valence-corrected chi connectivity index (χ1v) is 6.51. The lowest BCUT2D eigenvalue weighted by molar-refractivity contribution is -0.138. The molecule has 1 heterocycles. The van der Waals surface area contributed by atoms with Crippen molar-refractivity contribution in [1.82, 2.24) is 9.80 Å². The second-order valence-electron chi connectivity index (χ2n) is 5.62. The van der Waals surface area contributed by atoms with Gasteiger partial charge >= 0.3 is 0 Å². The van der Waals surface area contributed by atoms with Crippen LogP contribution in [0.2, 0.25) is 0 Å². The summed E-state index contributed by atoms with van der Waals surface area (Å²) < 4.78 is 0. The Morgan fingerprint density at radius 3 is 2.44 bits per heavy atom. The van der Waals surface area contributed by atoms with Crippen molar-refractivity contribution in [2.45, 2.75) is 39.7 Å². The average Bonchev–Trinajstić information content (AvgIpc) is 2.72. The van der Waals surface area contributed by atoms with Crippen LogP contribution in [0, 0.1) is 5.92 Å². The van der Waals surface area contributed by atoms with Crippen LogP contribution >= 0.6 is 0 Å². The number of nitrogens with zero attached hydrogens (tertiary/aromatic N) is 2. The van der Waals surface area contributed by atoms with Crippen LogP contribution in [0.25, 0.3) is 0 Å². The molecule has 104 valence electrons. The molecule has 1 atom stereocenters. The SMILES string of the molecule is CCN(CC(C)(C)O)C(=O)C1CCN(C(C)=O)C1. The normalized spacial score (nSPS) is 20.1. The Morgan fingerprint density at radius 2 is 2.06 bits per heavy atom. The highest BCUT2D eigenvalue weighted by atomic mass is 16.3. The highest BCUT2D eigenvalue weighted by molar-refractivity contribution is 5.81. The molecule has 18 heavy (non-hydrogen) atoms. The summed E-state index contributed by atoms with van der Waals surface area (Å²) in [6, 6.07) is 0. The third-order valence-electron chi connectivity index (χ3n) is 3.25. The van der Waals surface area contributed by atoms with E-state index in [1.54, 1.807) is 23.6 Å². The van der Waals surface area contributed by atoms with Crippen molar-refractivity contribution < 1.29 is 14.7 Å². The van der Waals surface area contributed by atoms with Gasteiger partial charge in [0, 0.05) is 33.1 Å². The minimum absolute atomic E-state index is 0.0239. The molecule has 1 aliphatic heterocycles. The Labute approximate surface area is 109 Å². The van der Waals surface area contributed by atoms with Gasteiger partial charge in [-0.25, -0.2) is 0 Å². The molecule has 2 amide bonds. The third-order valence-corrected chi connectivity index (χ3v) is 3.25. The zero-order valence-corrected chi connectivity index (χ0v) is 11.8. The molecule has 0 aromatic rings.